The lowest BCUT2D eigenvalue weighted by atomic mass is 9.87. The number of ether oxygens (including phenoxy) is 1. The molecule has 2 atom stereocenters. The van der Waals surface area contributed by atoms with Crippen LogP contribution in [-0.4, -0.2) is 58.6 Å². The first-order valence-corrected chi connectivity index (χ1v) is 11.8. The molecule has 2 aliphatic rings. The predicted octanol–water partition coefficient (Wildman–Crippen LogP) is 4.34. The maximum Gasteiger partial charge on any atom is 0.335 e. The third kappa shape index (κ3) is 4.04. The van der Waals surface area contributed by atoms with E-state index in [9.17, 15) is 15.2 Å². The molecular formula is C27H30N4O3. The first-order chi connectivity index (χ1) is 16.5. The molecule has 2 aromatic carbocycles. The second-order valence-corrected chi connectivity index (χ2v) is 9.51. The van der Waals surface area contributed by atoms with Gasteiger partial charge in [0.15, 0.2) is 0 Å². The highest BCUT2D eigenvalue weighted by Crippen LogP contribution is 2.39. The van der Waals surface area contributed by atoms with E-state index < -0.39 is 5.97 Å². The zero-order valence-corrected chi connectivity index (χ0v) is 19.6. The number of aromatic nitrogens is 1. The van der Waals surface area contributed by atoms with Crippen LogP contribution in [0.4, 0.5) is 0 Å². The highest BCUT2D eigenvalue weighted by molar-refractivity contribution is 5.88. The number of fused-ring (bicyclic) bond motifs is 1. The molecule has 3 heterocycles. The lowest BCUT2D eigenvalue weighted by molar-refractivity contribution is 0.0118. The van der Waals surface area contributed by atoms with Crippen molar-refractivity contribution in [2.45, 2.75) is 38.4 Å². The van der Waals surface area contributed by atoms with Crippen molar-refractivity contribution < 1.29 is 14.6 Å². The number of nitriles is 1. The number of carboxylic acid groups (broad SMARTS) is 1. The molecule has 3 aromatic rings. The molecule has 0 bridgehead atoms. The van der Waals surface area contributed by atoms with Crippen LogP contribution in [0.5, 0.6) is 5.75 Å². The van der Waals surface area contributed by atoms with Gasteiger partial charge in [-0.3, -0.25) is 9.80 Å². The molecule has 2 aliphatic heterocycles. The van der Waals surface area contributed by atoms with E-state index in [0.717, 1.165) is 61.4 Å². The third-order valence-electron chi connectivity index (χ3n) is 7.53. The highest BCUT2D eigenvalue weighted by Gasteiger charge is 2.38. The van der Waals surface area contributed by atoms with Gasteiger partial charge < -0.3 is 14.8 Å². The van der Waals surface area contributed by atoms with Crippen LogP contribution in [0.1, 0.15) is 45.9 Å². The van der Waals surface area contributed by atoms with Gasteiger partial charge in [0.25, 0.3) is 0 Å². The van der Waals surface area contributed by atoms with E-state index in [-0.39, 0.29) is 12.0 Å². The van der Waals surface area contributed by atoms with Gasteiger partial charge in [-0.25, -0.2) is 4.79 Å². The van der Waals surface area contributed by atoms with Gasteiger partial charge in [0.2, 0.25) is 0 Å². The van der Waals surface area contributed by atoms with Crippen LogP contribution in [0.2, 0.25) is 0 Å². The first kappa shape index (κ1) is 22.5. The minimum atomic E-state index is -0.910. The maximum absolute atomic E-state index is 11.4. The van der Waals surface area contributed by atoms with Gasteiger partial charge in [-0.15, -0.1) is 0 Å². The number of piperidine rings is 1. The lowest BCUT2D eigenvalue weighted by Crippen LogP contribution is -2.55. The molecule has 0 aliphatic carbocycles. The quantitative estimate of drug-likeness (QED) is 0.571. The number of carboxylic acids is 1. The fourth-order valence-electron chi connectivity index (χ4n) is 5.59. The van der Waals surface area contributed by atoms with Gasteiger partial charge in [0.1, 0.15) is 5.75 Å². The fraction of sp³-hybridized carbons (Fsp3) is 0.407. The number of rotatable bonds is 6. The Morgan fingerprint density at radius 3 is 2.71 bits per heavy atom. The maximum atomic E-state index is 11.4. The van der Waals surface area contributed by atoms with Crippen LogP contribution < -0.4 is 4.74 Å². The molecule has 7 heteroatoms. The summed E-state index contributed by atoms with van der Waals surface area (Å²) in [7, 11) is 1.72. The van der Waals surface area contributed by atoms with E-state index in [1.165, 1.54) is 10.9 Å². The molecule has 2 saturated heterocycles. The zero-order chi connectivity index (χ0) is 23.8. The summed E-state index contributed by atoms with van der Waals surface area (Å²) in [4.78, 5) is 19.7. The number of nitrogens with zero attached hydrogens (tertiary/aromatic N) is 3. The van der Waals surface area contributed by atoms with Gasteiger partial charge in [-0.1, -0.05) is 12.1 Å². The summed E-state index contributed by atoms with van der Waals surface area (Å²) in [6.45, 7) is 5.46. The molecule has 0 amide bonds. The number of benzene rings is 2. The number of nitrogens with one attached hydrogen (secondary N) is 1. The van der Waals surface area contributed by atoms with E-state index >= 15 is 0 Å². The van der Waals surface area contributed by atoms with Crippen molar-refractivity contribution in [2.24, 2.45) is 5.92 Å². The number of H-pyrrole nitrogens is 1. The monoisotopic (exact) mass is 458 g/mol. The predicted molar refractivity (Wildman–Crippen MR) is 130 cm³/mol. The van der Waals surface area contributed by atoms with Crippen molar-refractivity contribution in [3.05, 3.63) is 64.8 Å². The number of hydrogen-bond acceptors (Lipinski definition) is 5. The van der Waals surface area contributed by atoms with Gasteiger partial charge in [-0.2, -0.15) is 5.26 Å². The number of aromatic amines is 1. The Hall–Kier alpha value is -3.34. The summed E-state index contributed by atoms with van der Waals surface area (Å²) in [5.41, 5.74) is 4.89. The number of likely N-dealkylation sites (tertiary alicyclic amines) is 2. The lowest BCUT2D eigenvalue weighted by Gasteiger charge is -2.48. The average molecular weight is 459 g/mol. The Morgan fingerprint density at radius 1 is 1.26 bits per heavy atom. The summed E-state index contributed by atoms with van der Waals surface area (Å²) in [5.74, 6) is 0.128. The van der Waals surface area contributed by atoms with Crippen LogP contribution in [0.25, 0.3) is 10.9 Å². The van der Waals surface area contributed by atoms with Gasteiger partial charge in [-0.05, 0) is 55.2 Å². The molecule has 2 fully saturated rings. The van der Waals surface area contributed by atoms with E-state index in [2.05, 4.69) is 39.9 Å². The SMILES string of the molecule is COc1cc(C)c2[nH]ccc2c1CN1CCC(N2CC(C#N)C2)CC1c1ccc(C(=O)O)cc1. The van der Waals surface area contributed by atoms with Crippen LogP contribution >= 0.6 is 0 Å². The number of methoxy groups -OCH3 is 1. The third-order valence-corrected chi connectivity index (χ3v) is 7.53. The summed E-state index contributed by atoms with van der Waals surface area (Å²) >= 11 is 0. The van der Waals surface area contributed by atoms with Crippen molar-refractivity contribution in [1.29, 1.82) is 5.26 Å². The molecule has 0 radical (unpaired) electrons. The molecule has 176 valence electrons. The molecular weight excluding hydrogens is 428 g/mol. The standard InChI is InChI=1S/C27H30N4O3/c1-17-11-25(34-2)23(22-7-9-29-26(17)22)16-30-10-8-21(31-14-18(13-28)15-31)12-24(30)19-3-5-20(6-4-19)27(32)33/h3-7,9,11,18,21,24,29H,8,10,12,14-16H2,1-2H3,(H,32,33). The van der Waals surface area contributed by atoms with Crippen molar-refractivity contribution >= 4 is 16.9 Å². The number of carbonyl (C=O) groups is 1. The van der Waals surface area contributed by atoms with Crippen LogP contribution in [-0.2, 0) is 6.54 Å². The average Bonchev–Trinajstić information content (AvgIpc) is 3.31. The first-order valence-electron chi connectivity index (χ1n) is 11.8. The Kier molecular flexibility index (Phi) is 6.03. The Bertz CT molecular complexity index is 1240. The fourth-order valence-corrected chi connectivity index (χ4v) is 5.59. The van der Waals surface area contributed by atoms with E-state index in [1.807, 2.05) is 18.3 Å². The minimum Gasteiger partial charge on any atom is -0.496 e. The molecule has 0 saturated carbocycles. The minimum absolute atomic E-state index is 0.144. The van der Waals surface area contributed by atoms with E-state index in [1.54, 1.807) is 19.2 Å². The second kappa shape index (κ2) is 9.13. The van der Waals surface area contributed by atoms with Gasteiger partial charge >= 0.3 is 5.97 Å². The topological polar surface area (TPSA) is 92.6 Å². The number of aryl methyl sites for hydroxylation is 1. The van der Waals surface area contributed by atoms with Crippen LogP contribution in [0.15, 0.2) is 42.6 Å². The zero-order valence-electron chi connectivity index (χ0n) is 19.6. The van der Waals surface area contributed by atoms with Crippen molar-refractivity contribution in [3.63, 3.8) is 0 Å². The van der Waals surface area contributed by atoms with Crippen molar-refractivity contribution in [1.82, 2.24) is 14.8 Å². The van der Waals surface area contributed by atoms with Crippen LogP contribution in [0, 0.1) is 24.2 Å². The highest BCUT2D eigenvalue weighted by atomic mass is 16.5. The molecule has 0 spiro atoms. The van der Waals surface area contributed by atoms with Gasteiger partial charge in [0.05, 0.1) is 24.7 Å². The molecule has 2 unspecified atom stereocenters. The molecule has 2 N–H and O–H groups in total. The molecule has 34 heavy (non-hydrogen) atoms. The number of aromatic carboxylic acids is 1. The smallest absolute Gasteiger partial charge is 0.335 e. The summed E-state index contributed by atoms with van der Waals surface area (Å²) < 4.78 is 5.79. The van der Waals surface area contributed by atoms with E-state index in [4.69, 9.17) is 4.74 Å². The molecule has 1 aromatic heterocycles. The molecule has 7 nitrogen and oxygen atoms in total. The largest absolute Gasteiger partial charge is 0.496 e. The Morgan fingerprint density at radius 2 is 2.03 bits per heavy atom. The van der Waals surface area contributed by atoms with Crippen LogP contribution in [0.3, 0.4) is 0 Å². The molecule has 5 rings (SSSR count). The normalized spacial score (nSPS) is 21.8. The van der Waals surface area contributed by atoms with Crippen molar-refractivity contribution in [2.75, 3.05) is 26.7 Å². The van der Waals surface area contributed by atoms with Gasteiger partial charge in [0, 0.05) is 60.9 Å². The summed E-state index contributed by atoms with van der Waals surface area (Å²) in [6, 6.07) is 14.5. The summed E-state index contributed by atoms with van der Waals surface area (Å²) in [5, 5.41) is 19.7. The second-order valence-electron chi connectivity index (χ2n) is 9.51. The Labute approximate surface area is 199 Å². The van der Waals surface area contributed by atoms with Crippen molar-refractivity contribution in [3.8, 4) is 11.8 Å². The van der Waals surface area contributed by atoms with E-state index in [0.29, 0.717) is 11.6 Å². The summed E-state index contributed by atoms with van der Waals surface area (Å²) in [6.07, 6.45) is 3.98. The Balaban J connectivity index is 1.46. The number of hydrogen-bond donors (Lipinski definition) is 2.